The first-order valence-corrected chi connectivity index (χ1v) is 6.89. The van der Waals surface area contributed by atoms with Crippen LogP contribution in [-0.4, -0.2) is 21.9 Å². The summed E-state index contributed by atoms with van der Waals surface area (Å²) >= 11 is 0. The molecule has 0 bridgehead atoms. The molecule has 0 spiro atoms. The molecule has 0 saturated heterocycles. The number of nitrogens with zero attached hydrogens (tertiary/aromatic N) is 3. The Labute approximate surface area is 127 Å². The molecule has 0 aliphatic rings. The molecule has 1 aromatic carbocycles. The van der Waals surface area contributed by atoms with Crippen molar-refractivity contribution in [3.63, 3.8) is 0 Å². The van der Waals surface area contributed by atoms with E-state index in [4.69, 9.17) is 9.15 Å². The number of rotatable bonds is 5. The van der Waals surface area contributed by atoms with Crippen molar-refractivity contribution in [3.8, 4) is 11.4 Å². The molecule has 3 rings (SSSR count). The average molecular weight is 301 g/mol. The normalized spacial score (nSPS) is 11.0. The van der Waals surface area contributed by atoms with Crippen molar-refractivity contribution in [1.29, 1.82) is 0 Å². The van der Waals surface area contributed by atoms with Gasteiger partial charge in [0.05, 0.1) is 18.4 Å². The van der Waals surface area contributed by atoms with Crippen LogP contribution in [0.2, 0.25) is 0 Å². The number of benzene rings is 1. The number of ether oxygens (including phenoxy) is 1. The monoisotopic (exact) mass is 301 g/mol. The molecule has 0 amide bonds. The highest BCUT2D eigenvalue weighted by molar-refractivity contribution is 5.57. The van der Waals surface area contributed by atoms with Gasteiger partial charge in [0.2, 0.25) is 0 Å². The molecule has 22 heavy (non-hydrogen) atoms. The third kappa shape index (κ3) is 2.92. The first-order chi connectivity index (χ1) is 10.7. The molecule has 5 nitrogen and oxygen atoms in total. The predicted molar refractivity (Wildman–Crippen MR) is 78.7 cm³/mol. The van der Waals surface area contributed by atoms with E-state index in [0.29, 0.717) is 24.8 Å². The zero-order valence-corrected chi connectivity index (χ0v) is 12.4. The number of halogens is 1. The maximum atomic E-state index is 13.0. The average Bonchev–Trinajstić information content (AvgIpc) is 3.08. The van der Waals surface area contributed by atoms with Gasteiger partial charge in [-0.15, -0.1) is 0 Å². The zero-order valence-electron chi connectivity index (χ0n) is 12.4. The number of aryl methyl sites for hydroxylation is 1. The second-order valence-electron chi connectivity index (χ2n) is 4.96. The molecule has 2 aromatic heterocycles. The summed E-state index contributed by atoms with van der Waals surface area (Å²) in [5, 5.41) is 4.46. The molecule has 0 fully saturated rings. The standard InChI is InChI=1S/C16H16FN3O2/c1-11-14(7-8-22-11)16-18-15(10-21-2)19-20(16)9-12-3-5-13(17)6-4-12/h3-8H,9-10H2,1-2H3. The van der Waals surface area contributed by atoms with Gasteiger partial charge in [-0.3, -0.25) is 0 Å². The summed E-state index contributed by atoms with van der Waals surface area (Å²) in [4.78, 5) is 4.51. The van der Waals surface area contributed by atoms with Gasteiger partial charge in [-0.25, -0.2) is 14.1 Å². The van der Waals surface area contributed by atoms with E-state index in [2.05, 4.69) is 10.1 Å². The summed E-state index contributed by atoms with van der Waals surface area (Å²) in [6.45, 7) is 2.71. The lowest BCUT2D eigenvalue weighted by Crippen LogP contribution is -2.05. The Morgan fingerprint density at radius 2 is 2.00 bits per heavy atom. The second kappa shape index (κ2) is 6.11. The Bertz CT molecular complexity index is 762. The lowest BCUT2D eigenvalue weighted by atomic mass is 10.2. The van der Waals surface area contributed by atoms with Crippen LogP contribution < -0.4 is 0 Å². The van der Waals surface area contributed by atoms with Crippen LogP contribution in [0.15, 0.2) is 41.0 Å². The van der Waals surface area contributed by atoms with Crippen molar-refractivity contribution in [2.75, 3.05) is 7.11 Å². The Kier molecular flexibility index (Phi) is 4.02. The Balaban J connectivity index is 1.98. The van der Waals surface area contributed by atoms with Crippen LogP contribution in [0, 0.1) is 12.7 Å². The second-order valence-corrected chi connectivity index (χ2v) is 4.96. The number of aromatic nitrogens is 3. The van der Waals surface area contributed by atoms with Gasteiger partial charge < -0.3 is 9.15 Å². The van der Waals surface area contributed by atoms with E-state index in [1.54, 1.807) is 30.2 Å². The maximum Gasteiger partial charge on any atom is 0.176 e. The Morgan fingerprint density at radius 1 is 1.23 bits per heavy atom. The molecule has 0 aliphatic heterocycles. The number of hydrogen-bond acceptors (Lipinski definition) is 4. The summed E-state index contributed by atoms with van der Waals surface area (Å²) in [7, 11) is 1.60. The highest BCUT2D eigenvalue weighted by atomic mass is 19.1. The molecule has 0 N–H and O–H groups in total. The van der Waals surface area contributed by atoms with Crippen LogP contribution in [0.5, 0.6) is 0 Å². The SMILES string of the molecule is COCc1nc(-c2ccoc2C)n(Cc2ccc(F)cc2)n1. The van der Waals surface area contributed by atoms with Gasteiger partial charge in [-0.2, -0.15) is 5.10 Å². The summed E-state index contributed by atoms with van der Waals surface area (Å²) in [6.07, 6.45) is 1.62. The number of hydrogen-bond donors (Lipinski definition) is 0. The summed E-state index contributed by atoms with van der Waals surface area (Å²) in [6, 6.07) is 8.20. The zero-order chi connectivity index (χ0) is 15.5. The van der Waals surface area contributed by atoms with E-state index in [1.165, 1.54) is 12.1 Å². The molecule has 0 atom stereocenters. The smallest absolute Gasteiger partial charge is 0.176 e. The fourth-order valence-corrected chi connectivity index (χ4v) is 2.27. The first-order valence-electron chi connectivity index (χ1n) is 6.89. The summed E-state index contributed by atoms with van der Waals surface area (Å²) in [5.74, 6) is 1.83. The van der Waals surface area contributed by atoms with Crippen molar-refractivity contribution >= 4 is 0 Å². The van der Waals surface area contributed by atoms with Gasteiger partial charge in [0.1, 0.15) is 18.2 Å². The van der Waals surface area contributed by atoms with Crippen LogP contribution in [0.4, 0.5) is 4.39 Å². The molecule has 3 aromatic rings. The third-order valence-electron chi connectivity index (χ3n) is 3.33. The molecule has 114 valence electrons. The predicted octanol–water partition coefficient (Wildman–Crippen LogP) is 3.18. The Morgan fingerprint density at radius 3 is 2.64 bits per heavy atom. The molecule has 2 heterocycles. The van der Waals surface area contributed by atoms with E-state index >= 15 is 0 Å². The van der Waals surface area contributed by atoms with E-state index < -0.39 is 0 Å². The van der Waals surface area contributed by atoms with Crippen LogP contribution in [0.3, 0.4) is 0 Å². The summed E-state index contributed by atoms with van der Waals surface area (Å²) < 4.78 is 25.2. The summed E-state index contributed by atoms with van der Waals surface area (Å²) in [5.41, 5.74) is 1.83. The largest absolute Gasteiger partial charge is 0.469 e. The van der Waals surface area contributed by atoms with Gasteiger partial charge in [0.15, 0.2) is 11.6 Å². The topological polar surface area (TPSA) is 53.1 Å². The molecule has 6 heteroatoms. The molecule has 0 saturated carbocycles. The minimum Gasteiger partial charge on any atom is -0.469 e. The third-order valence-corrected chi connectivity index (χ3v) is 3.33. The van der Waals surface area contributed by atoms with E-state index in [1.807, 2.05) is 13.0 Å². The van der Waals surface area contributed by atoms with Gasteiger partial charge in [0.25, 0.3) is 0 Å². The Hall–Kier alpha value is -2.47. The van der Waals surface area contributed by atoms with Crippen LogP contribution in [0.1, 0.15) is 17.1 Å². The van der Waals surface area contributed by atoms with Crippen molar-refractivity contribution in [2.45, 2.75) is 20.1 Å². The molecule has 0 aliphatic carbocycles. The molecule has 0 radical (unpaired) electrons. The minimum atomic E-state index is -0.256. The van der Waals surface area contributed by atoms with Gasteiger partial charge in [-0.1, -0.05) is 12.1 Å². The lowest BCUT2D eigenvalue weighted by molar-refractivity contribution is 0.177. The highest BCUT2D eigenvalue weighted by Crippen LogP contribution is 2.23. The lowest BCUT2D eigenvalue weighted by Gasteiger charge is -2.05. The van der Waals surface area contributed by atoms with Gasteiger partial charge >= 0.3 is 0 Å². The fourth-order valence-electron chi connectivity index (χ4n) is 2.27. The van der Waals surface area contributed by atoms with E-state index in [-0.39, 0.29) is 5.82 Å². The van der Waals surface area contributed by atoms with Crippen molar-refractivity contribution in [2.24, 2.45) is 0 Å². The van der Waals surface area contributed by atoms with E-state index in [0.717, 1.165) is 16.9 Å². The quantitative estimate of drug-likeness (QED) is 0.726. The fraction of sp³-hybridized carbons (Fsp3) is 0.250. The van der Waals surface area contributed by atoms with Gasteiger partial charge in [0, 0.05) is 7.11 Å². The van der Waals surface area contributed by atoms with E-state index in [9.17, 15) is 4.39 Å². The van der Waals surface area contributed by atoms with Crippen molar-refractivity contribution in [3.05, 3.63) is 59.6 Å². The van der Waals surface area contributed by atoms with Crippen LogP contribution in [0.25, 0.3) is 11.4 Å². The molecule has 0 unspecified atom stereocenters. The maximum absolute atomic E-state index is 13.0. The van der Waals surface area contributed by atoms with Crippen molar-refractivity contribution < 1.29 is 13.5 Å². The molecular formula is C16H16FN3O2. The highest BCUT2D eigenvalue weighted by Gasteiger charge is 2.16. The number of furan rings is 1. The first kappa shape index (κ1) is 14.5. The van der Waals surface area contributed by atoms with Crippen LogP contribution >= 0.6 is 0 Å². The van der Waals surface area contributed by atoms with Crippen LogP contribution in [-0.2, 0) is 17.9 Å². The van der Waals surface area contributed by atoms with Gasteiger partial charge in [-0.05, 0) is 30.7 Å². The number of methoxy groups -OCH3 is 1. The molecular weight excluding hydrogens is 285 g/mol. The minimum absolute atomic E-state index is 0.256. The van der Waals surface area contributed by atoms with Crippen molar-refractivity contribution in [1.82, 2.24) is 14.8 Å².